The van der Waals surface area contributed by atoms with Crippen molar-refractivity contribution in [3.8, 4) is 0 Å². The number of ether oxygens (including phenoxy) is 1. The zero-order valence-electron chi connectivity index (χ0n) is 13.0. The van der Waals surface area contributed by atoms with E-state index in [1.807, 2.05) is 35.2 Å². The van der Waals surface area contributed by atoms with Gasteiger partial charge in [0.1, 0.15) is 6.23 Å². The van der Waals surface area contributed by atoms with E-state index >= 15 is 0 Å². The molecule has 1 aliphatic rings. The molecular formula is C17H23NO4. The van der Waals surface area contributed by atoms with Gasteiger partial charge in [-0.1, -0.05) is 30.3 Å². The summed E-state index contributed by atoms with van der Waals surface area (Å²) in [5.41, 5.74) is 0.675. The first-order valence-corrected chi connectivity index (χ1v) is 7.43. The number of hydrogen-bond acceptors (Lipinski definition) is 4. The van der Waals surface area contributed by atoms with Crippen LogP contribution < -0.4 is 0 Å². The van der Waals surface area contributed by atoms with E-state index in [9.17, 15) is 15.0 Å². The van der Waals surface area contributed by atoms with Crippen LogP contribution in [0, 0.1) is 0 Å². The van der Waals surface area contributed by atoms with Gasteiger partial charge in [-0.25, -0.2) is 0 Å². The molecule has 1 aromatic rings. The highest BCUT2D eigenvalue weighted by Crippen LogP contribution is 2.24. The maximum absolute atomic E-state index is 11.3. The van der Waals surface area contributed by atoms with Gasteiger partial charge in [-0.15, -0.1) is 0 Å². The van der Waals surface area contributed by atoms with E-state index in [1.165, 1.54) is 0 Å². The molecular weight excluding hydrogens is 282 g/mol. The van der Waals surface area contributed by atoms with Crippen molar-refractivity contribution in [2.75, 3.05) is 26.3 Å². The fourth-order valence-electron chi connectivity index (χ4n) is 2.32. The molecule has 1 atom stereocenters. The van der Waals surface area contributed by atoms with Crippen LogP contribution in [0.25, 0.3) is 6.08 Å². The monoisotopic (exact) mass is 305 g/mol. The molecule has 22 heavy (non-hydrogen) atoms. The summed E-state index contributed by atoms with van der Waals surface area (Å²) in [5, 5.41) is 19.4. The largest absolute Gasteiger partial charge is 0.481 e. The molecule has 0 radical (unpaired) electrons. The molecule has 0 aromatic heterocycles. The van der Waals surface area contributed by atoms with Crippen LogP contribution in [-0.2, 0) is 14.9 Å². The molecule has 0 aliphatic carbocycles. The fraction of sp³-hybridized carbons (Fsp3) is 0.471. The molecule has 0 spiro atoms. The summed E-state index contributed by atoms with van der Waals surface area (Å²) in [6.45, 7) is 6.04. The Morgan fingerprint density at radius 2 is 2.05 bits per heavy atom. The highest BCUT2D eigenvalue weighted by atomic mass is 16.5. The molecule has 1 saturated heterocycles. The SMILES string of the molecule is CC(C)(C(=O)O)c1cccc(/C=C/C(O)N2CCOCC2)c1. The van der Waals surface area contributed by atoms with Crippen molar-refractivity contribution in [3.63, 3.8) is 0 Å². The summed E-state index contributed by atoms with van der Waals surface area (Å²) in [6.07, 6.45) is 2.89. The third kappa shape index (κ3) is 3.94. The molecule has 0 saturated carbocycles. The number of hydrogen-bond donors (Lipinski definition) is 2. The Hall–Kier alpha value is -1.69. The summed E-state index contributed by atoms with van der Waals surface area (Å²) in [6, 6.07) is 7.38. The predicted octanol–water partition coefficient (Wildman–Crippen LogP) is 1.71. The minimum atomic E-state index is -0.938. The average Bonchev–Trinajstić information content (AvgIpc) is 2.53. The van der Waals surface area contributed by atoms with E-state index in [2.05, 4.69) is 0 Å². The van der Waals surface area contributed by atoms with Gasteiger partial charge in [0.2, 0.25) is 0 Å². The minimum Gasteiger partial charge on any atom is -0.481 e. The summed E-state index contributed by atoms with van der Waals surface area (Å²) >= 11 is 0. The molecule has 1 aliphatic heterocycles. The normalized spacial score (nSPS) is 18.5. The van der Waals surface area contributed by atoms with Crippen LogP contribution in [-0.4, -0.2) is 53.6 Å². The lowest BCUT2D eigenvalue weighted by atomic mass is 9.84. The van der Waals surface area contributed by atoms with Crippen LogP contribution in [0.4, 0.5) is 0 Å². The molecule has 0 bridgehead atoms. The lowest BCUT2D eigenvalue weighted by Gasteiger charge is -2.29. The molecule has 5 nitrogen and oxygen atoms in total. The predicted molar refractivity (Wildman–Crippen MR) is 84.5 cm³/mol. The zero-order chi connectivity index (χ0) is 16.2. The van der Waals surface area contributed by atoms with E-state index < -0.39 is 17.6 Å². The molecule has 1 fully saturated rings. The topological polar surface area (TPSA) is 70.0 Å². The maximum Gasteiger partial charge on any atom is 0.313 e. The van der Waals surface area contributed by atoms with Gasteiger partial charge in [-0.3, -0.25) is 9.69 Å². The van der Waals surface area contributed by atoms with E-state index in [-0.39, 0.29) is 0 Å². The molecule has 2 rings (SSSR count). The first-order chi connectivity index (χ1) is 10.4. The third-order valence-electron chi connectivity index (χ3n) is 4.02. The van der Waals surface area contributed by atoms with Crippen molar-refractivity contribution < 1.29 is 19.7 Å². The maximum atomic E-state index is 11.3. The van der Waals surface area contributed by atoms with Crippen molar-refractivity contribution in [1.82, 2.24) is 4.90 Å². The van der Waals surface area contributed by atoms with Crippen molar-refractivity contribution in [2.45, 2.75) is 25.5 Å². The Labute approximate surface area is 130 Å². The molecule has 5 heteroatoms. The summed E-state index contributed by atoms with van der Waals surface area (Å²) in [4.78, 5) is 13.3. The quantitative estimate of drug-likeness (QED) is 0.867. The second-order valence-corrected chi connectivity index (χ2v) is 5.98. The highest BCUT2D eigenvalue weighted by Gasteiger charge is 2.29. The number of nitrogens with zero attached hydrogens (tertiary/aromatic N) is 1. The summed E-state index contributed by atoms with van der Waals surface area (Å²) < 4.78 is 5.26. The van der Waals surface area contributed by atoms with Crippen molar-refractivity contribution in [1.29, 1.82) is 0 Å². The average molecular weight is 305 g/mol. The number of aliphatic carboxylic acids is 1. The highest BCUT2D eigenvalue weighted by molar-refractivity contribution is 5.80. The van der Waals surface area contributed by atoms with E-state index in [0.29, 0.717) is 26.3 Å². The number of aliphatic hydroxyl groups is 1. The van der Waals surface area contributed by atoms with E-state index in [1.54, 1.807) is 19.9 Å². The minimum absolute atomic E-state index is 0.632. The summed E-state index contributed by atoms with van der Waals surface area (Å²) in [5.74, 6) is -0.859. The van der Waals surface area contributed by atoms with Crippen LogP contribution in [0.3, 0.4) is 0 Å². The first kappa shape index (κ1) is 16.7. The molecule has 0 amide bonds. The van der Waals surface area contributed by atoms with Crippen LogP contribution in [0.2, 0.25) is 0 Å². The smallest absolute Gasteiger partial charge is 0.313 e. The Morgan fingerprint density at radius 1 is 1.36 bits per heavy atom. The number of aliphatic hydroxyl groups excluding tert-OH is 1. The van der Waals surface area contributed by atoms with Gasteiger partial charge >= 0.3 is 5.97 Å². The van der Waals surface area contributed by atoms with Crippen molar-refractivity contribution >= 4 is 12.0 Å². The molecule has 120 valence electrons. The Morgan fingerprint density at radius 3 is 2.68 bits per heavy atom. The Kier molecular flexibility index (Phi) is 5.34. The number of benzene rings is 1. The van der Waals surface area contributed by atoms with E-state index in [0.717, 1.165) is 11.1 Å². The third-order valence-corrected chi connectivity index (χ3v) is 4.02. The Bertz CT molecular complexity index is 547. The number of carboxylic acid groups (broad SMARTS) is 1. The molecule has 1 unspecified atom stereocenters. The van der Waals surface area contributed by atoms with Gasteiger partial charge < -0.3 is 14.9 Å². The standard InChI is InChI=1S/C17H23NO4/c1-17(2,16(20)21)14-5-3-4-13(12-14)6-7-15(19)18-8-10-22-11-9-18/h3-7,12,15,19H,8-11H2,1-2H3,(H,20,21)/b7-6+. The number of carbonyl (C=O) groups is 1. The Balaban J connectivity index is 2.09. The number of rotatable bonds is 5. The number of morpholine rings is 1. The summed E-state index contributed by atoms with van der Waals surface area (Å²) in [7, 11) is 0. The van der Waals surface area contributed by atoms with Gasteiger partial charge in [-0.05, 0) is 31.1 Å². The molecule has 2 N–H and O–H groups in total. The number of carboxylic acids is 1. The van der Waals surface area contributed by atoms with E-state index in [4.69, 9.17) is 4.74 Å². The molecule has 1 heterocycles. The lowest BCUT2D eigenvalue weighted by Crippen LogP contribution is -2.42. The lowest BCUT2D eigenvalue weighted by molar-refractivity contribution is -0.142. The van der Waals surface area contributed by atoms with Crippen LogP contribution in [0.5, 0.6) is 0 Å². The van der Waals surface area contributed by atoms with Crippen molar-refractivity contribution in [3.05, 3.63) is 41.5 Å². The second kappa shape index (κ2) is 7.05. The fourth-order valence-corrected chi connectivity index (χ4v) is 2.32. The first-order valence-electron chi connectivity index (χ1n) is 7.43. The second-order valence-electron chi connectivity index (χ2n) is 5.98. The van der Waals surface area contributed by atoms with Gasteiger partial charge in [0.25, 0.3) is 0 Å². The zero-order valence-corrected chi connectivity index (χ0v) is 13.0. The van der Waals surface area contributed by atoms with Crippen LogP contribution >= 0.6 is 0 Å². The van der Waals surface area contributed by atoms with Crippen LogP contribution in [0.15, 0.2) is 30.3 Å². The molecule has 1 aromatic carbocycles. The van der Waals surface area contributed by atoms with Crippen molar-refractivity contribution in [2.24, 2.45) is 0 Å². The van der Waals surface area contributed by atoms with Gasteiger partial charge in [0, 0.05) is 13.1 Å². The van der Waals surface area contributed by atoms with Crippen LogP contribution in [0.1, 0.15) is 25.0 Å². The van der Waals surface area contributed by atoms with Gasteiger partial charge in [0.15, 0.2) is 0 Å². The van der Waals surface area contributed by atoms with Gasteiger partial charge in [-0.2, -0.15) is 0 Å². The van der Waals surface area contributed by atoms with Gasteiger partial charge in [0.05, 0.1) is 18.6 Å².